The lowest BCUT2D eigenvalue weighted by atomic mass is 9.80. The SMILES string of the molecule is COC(C(N)=O)C(N)CC1CCC1. The van der Waals surface area contributed by atoms with Gasteiger partial charge in [-0.1, -0.05) is 19.3 Å². The van der Waals surface area contributed by atoms with E-state index >= 15 is 0 Å². The molecule has 1 rings (SSSR count). The van der Waals surface area contributed by atoms with Crippen LogP contribution in [0.5, 0.6) is 0 Å². The van der Waals surface area contributed by atoms with Gasteiger partial charge in [-0.25, -0.2) is 0 Å². The van der Waals surface area contributed by atoms with E-state index in [1.807, 2.05) is 0 Å². The lowest BCUT2D eigenvalue weighted by molar-refractivity contribution is -0.129. The third-order valence-electron chi connectivity index (χ3n) is 2.75. The maximum atomic E-state index is 10.9. The van der Waals surface area contributed by atoms with Crippen LogP contribution >= 0.6 is 0 Å². The highest BCUT2D eigenvalue weighted by atomic mass is 16.5. The van der Waals surface area contributed by atoms with Crippen LogP contribution in [0, 0.1) is 5.92 Å². The fourth-order valence-corrected chi connectivity index (χ4v) is 1.74. The molecule has 0 aromatic rings. The van der Waals surface area contributed by atoms with Crippen LogP contribution in [0.3, 0.4) is 0 Å². The van der Waals surface area contributed by atoms with E-state index in [4.69, 9.17) is 16.2 Å². The molecule has 76 valence electrons. The molecule has 1 amide bonds. The number of primary amides is 1. The van der Waals surface area contributed by atoms with Gasteiger partial charge < -0.3 is 16.2 Å². The molecule has 0 radical (unpaired) electrons. The van der Waals surface area contributed by atoms with E-state index in [0.717, 1.165) is 6.42 Å². The van der Waals surface area contributed by atoms with Gasteiger partial charge in [-0.15, -0.1) is 0 Å². The van der Waals surface area contributed by atoms with Gasteiger partial charge in [0.15, 0.2) is 6.10 Å². The molecule has 0 saturated heterocycles. The average molecular weight is 186 g/mol. The van der Waals surface area contributed by atoms with Crippen LogP contribution in [0.15, 0.2) is 0 Å². The first kappa shape index (κ1) is 10.5. The lowest BCUT2D eigenvalue weighted by Crippen LogP contribution is -2.46. The quantitative estimate of drug-likeness (QED) is 0.634. The number of hydrogen-bond acceptors (Lipinski definition) is 3. The Bertz CT molecular complexity index is 180. The normalized spacial score (nSPS) is 22.0. The first-order valence-electron chi connectivity index (χ1n) is 4.73. The second-order valence-electron chi connectivity index (χ2n) is 3.76. The minimum Gasteiger partial charge on any atom is -0.370 e. The summed E-state index contributed by atoms with van der Waals surface area (Å²) >= 11 is 0. The molecule has 0 bridgehead atoms. The third kappa shape index (κ3) is 2.67. The largest absolute Gasteiger partial charge is 0.370 e. The van der Waals surface area contributed by atoms with E-state index in [1.54, 1.807) is 0 Å². The molecule has 1 saturated carbocycles. The van der Waals surface area contributed by atoms with Crippen molar-refractivity contribution in [1.29, 1.82) is 0 Å². The van der Waals surface area contributed by atoms with Gasteiger partial charge in [0.05, 0.1) is 0 Å². The van der Waals surface area contributed by atoms with Crippen LogP contribution in [0.4, 0.5) is 0 Å². The average Bonchev–Trinajstić information content (AvgIpc) is 1.97. The van der Waals surface area contributed by atoms with E-state index in [9.17, 15) is 4.79 Å². The Morgan fingerprint density at radius 3 is 2.54 bits per heavy atom. The van der Waals surface area contributed by atoms with E-state index < -0.39 is 12.0 Å². The summed E-state index contributed by atoms with van der Waals surface area (Å²) in [5.41, 5.74) is 11.0. The van der Waals surface area contributed by atoms with Crippen molar-refractivity contribution in [3.63, 3.8) is 0 Å². The van der Waals surface area contributed by atoms with E-state index in [0.29, 0.717) is 5.92 Å². The predicted octanol–water partition coefficient (Wildman–Crippen LogP) is 0.00420. The summed E-state index contributed by atoms with van der Waals surface area (Å²) in [6.45, 7) is 0. The zero-order valence-electron chi connectivity index (χ0n) is 8.03. The lowest BCUT2D eigenvalue weighted by Gasteiger charge is -2.30. The van der Waals surface area contributed by atoms with Crippen molar-refractivity contribution < 1.29 is 9.53 Å². The number of ether oxygens (including phenoxy) is 1. The Morgan fingerprint density at radius 1 is 1.62 bits per heavy atom. The molecular weight excluding hydrogens is 168 g/mol. The fourth-order valence-electron chi connectivity index (χ4n) is 1.74. The van der Waals surface area contributed by atoms with Gasteiger partial charge in [0.2, 0.25) is 5.91 Å². The van der Waals surface area contributed by atoms with E-state index in [-0.39, 0.29) is 6.04 Å². The predicted molar refractivity (Wildman–Crippen MR) is 49.9 cm³/mol. The second kappa shape index (κ2) is 4.58. The van der Waals surface area contributed by atoms with Crippen LogP contribution in [0.2, 0.25) is 0 Å². The van der Waals surface area contributed by atoms with Crippen molar-refractivity contribution in [2.45, 2.75) is 37.8 Å². The van der Waals surface area contributed by atoms with Gasteiger partial charge in [-0.2, -0.15) is 0 Å². The van der Waals surface area contributed by atoms with Crippen molar-refractivity contribution in [3.05, 3.63) is 0 Å². The Balaban J connectivity index is 2.33. The fraction of sp³-hybridized carbons (Fsp3) is 0.889. The maximum absolute atomic E-state index is 10.9. The summed E-state index contributed by atoms with van der Waals surface area (Å²) in [5.74, 6) is 0.210. The van der Waals surface area contributed by atoms with Crippen molar-refractivity contribution in [2.24, 2.45) is 17.4 Å². The molecular formula is C9H18N2O2. The van der Waals surface area contributed by atoms with Crippen molar-refractivity contribution >= 4 is 5.91 Å². The summed E-state index contributed by atoms with van der Waals surface area (Å²) in [4.78, 5) is 10.9. The summed E-state index contributed by atoms with van der Waals surface area (Å²) in [7, 11) is 1.47. The Kier molecular flexibility index (Phi) is 3.69. The molecule has 1 aliphatic rings. The smallest absolute Gasteiger partial charge is 0.248 e. The molecule has 0 heterocycles. The molecule has 4 N–H and O–H groups in total. The first-order valence-corrected chi connectivity index (χ1v) is 4.73. The van der Waals surface area contributed by atoms with Gasteiger partial charge in [0.25, 0.3) is 0 Å². The van der Waals surface area contributed by atoms with Crippen molar-refractivity contribution in [2.75, 3.05) is 7.11 Å². The molecule has 2 unspecified atom stereocenters. The number of amides is 1. The Morgan fingerprint density at radius 2 is 2.23 bits per heavy atom. The highest BCUT2D eigenvalue weighted by molar-refractivity contribution is 5.79. The van der Waals surface area contributed by atoms with Crippen LogP contribution < -0.4 is 11.5 Å². The number of carbonyl (C=O) groups is 1. The number of methoxy groups -OCH3 is 1. The zero-order valence-corrected chi connectivity index (χ0v) is 8.03. The van der Waals surface area contributed by atoms with Gasteiger partial charge in [-0.05, 0) is 12.3 Å². The van der Waals surface area contributed by atoms with Crippen molar-refractivity contribution in [3.8, 4) is 0 Å². The van der Waals surface area contributed by atoms with Gasteiger partial charge in [0.1, 0.15) is 0 Å². The minimum absolute atomic E-state index is 0.243. The summed E-state index contributed by atoms with van der Waals surface area (Å²) in [5, 5.41) is 0. The summed E-state index contributed by atoms with van der Waals surface area (Å²) < 4.78 is 4.94. The molecule has 1 aliphatic carbocycles. The van der Waals surface area contributed by atoms with Gasteiger partial charge in [0, 0.05) is 13.2 Å². The Hall–Kier alpha value is -0.610. The Labute approximate surface area is 78.6 Å². The van der Waals surface area contributed by atoms with Crippen LogP contribution in [-0.4, -0.2) is 25.2 Å². The third-order valence-corrected chi connectivity index (χ3v) is 2.75. The minimum atomic E-state index is -0.624. The van der Waals surface area contributed by atoms with Crippen molar-refractivity contribution in [1.82, 2.24) is 0 Å². The highest BCUT2D eigenvalue weighted by Gasteiger charge is 2.28. The molecule has 2 atom stereocenters. The molecule has 4 nitrogen and oxygen atoms in total. The molecule has 1 fully saturated rings. The second-order valence-corrected chi connectivity index (χ2v) is 3.76. The number of rotatable bonds is 5. The molecule has 0 aromatic heterocycles. The summed E-state index contributed by atoms with van der Waals surface area (Å²) in [6, 6.07) is -0.243. The molecule has 13 heavy (non-hydrogen) atoms. The van der Waals surface area contributed by atoms with Gasteiger partial charge in [-0.3, -0.25) is 4.79 Å². The monoisotopic (exact) mass is 186 g/mol. The zero-order chi connectivity index (χ0) is 9.84. The number of hydrogen-bond donors (Lipinski definition) is 2. The molecule has 0 spiro atoms. The van der Waals surface area contributed by atoms with Crippen LogP contribution in [0.25, 0.3) is 0 Å². The molecule has 0 aromatic carbocycles. The maximum Gasteiger partial charge on any atom is 0.248 e. The number of carbonyl (C=O) groups excluding carboxylic acids is 1. The number of nitrogens with two attached hydrogens (primary N) is 2. The van der Waals surface area contributed by atoms with E-state index in [1.165, 1.54) is 26.4 Å². The van der Waals surface area contributed by atoms with E-state index in [2.05, 4.69) is 0 Å². The highest BCUT2D eigenvalue weighted by Crippen LogP contribution is 2.30. The molecule has 4 heteroatoms. The standard InChI is InChI=1S/C9H18N2O2/c1-13-8(9(11)12)7(10)5-6-3-2-4-6/h6-8H,2-5,10H2,1H3,(H2,11,12). The van der Waals surface area contributed by atoms with Gasteiger partial charge >= 0.3 is 0 Å². The van der Waals surface area contributed by atoms with Crippen LogP contribution in [0.1, 0.15) is 25.7 Å². The topological polar surface area (TPSA) is 78.3 Å². The first-order chi connectivity index (χ1) is 6.15. The van der Waals surface area contributed by atoms with Crippen LogP contribution in [-0.2, 0) is 9.53 Å². The summed E-state index contributed by atoms with van der Waals surface area (Å²) in [6.07, 6.45) is 3.96. The molecule has 0 aliphatic heterocycles.